The summed E-state index contributed by atoms with van der Waals surface area (Å²) in [7, 11) is 0. The Morgan fingerprint density at radius 2 is 1.80 bits per heavy atom. The number of allylic oxidation sites excluding steroid dienone is 1. The Labute approximate surface area is 249 Å². The Morgan fingerprint density at radius 3 is 2.36 bits per heavy atom. The molecule has 0 radical (unpaired) electrons. The number of rotatable bonds is 6. The molecule has 1 unspecified atom stereocenters. The van der Waals surface area contributed by atoms with Gasteiger partial charge in [-0.1, -0.05) is 34.6 Å². The van der Waals surface area contributed by atoms with Gasteiger partial charge in [-0.15, -0.1) is 0 Å². The van der Waals surface area contributed by atoms with Crippen LogP contribution in [0.5, 0.6) is 11.5 Å². The van der Waals surface area contributed by atoms with Gasteiger partial charge in [-0.3, -0.25) is 14.4 Å². The van der Waals surface area contributed by atoms with E-state index < -0.39 is 76.6 Å². The van der Waals surface area contributed by atoms with E-state index in [4.69, 9.17) is 9.68 Å². The molecule has 4 N–H and O–H groups in total. The number of carbonyl (C=O) groups excluding carboxylic acids is 4. The molecule has 6 atom stereocenters. The summed E-state index contributed by atoms with van der Waals surface area (Å²) in [6.45, 7) is 8.20. The maximum Gasteiger partial charge on any atom is 0.471 e. The first-order valence-corrected chi connectivity index (χ1v) is 13.7. The number of anilines is 1. The molecular weight excluding hydrogens is 592 g/mol. The molecule has 5 rings (SSSR count). The Balaban J connectivity index is 1.40. The highest BCUT2D eigenvalue weighted by atomic mass is 19.4. The molecule has 0 aromatic heterocycles. The highest BCUT2D eigenvalue weighted by Gasteiger charge is 2.70. The summed E-state index contributed by atoms with van der Waals surface area (Å²) < 4.78 is 55.9. The van der Waals surface area contributed by atoms with Gasteiger partial charge in [0.15, 0.2) is 17.2 Å². The van der Waals surface area contributed by atoms with E-state index in [1.54, 1.807) is 5.32 Å². The van der Waals surface area contributed by atoms with Crippen molar-refractivity contribution in [1.29, 1.82) is 5.26 Å². The van der Waals surface area contributed by atoms with Gasteiger partial charge in [-0.05, 0) is 28.7 Å². The molecule has 4 aliphatic rings. The van der Waals surface area contributed by atoms with E-state index in [2.05, 4.69) is 16.3 Å². The van der Waals surface area contributed by atoms with Crippen molar-refractivity contribution in [3.05, 3.63) is 23.4 Å². The number of hydrogen-bond acceptors (Lipinski definition) is 9. The first kappa shape index (κ1) is 31.1. The van der Waals surface area contributed by atoms with Crippen LogP contribution < -0.4 is 31.3 Å². The van der Waals surface area contributed by atoms with Gasteiger partial charge < -0.3 is 30.5 Å². The third-order valence-electron chi connectivity index (χ3n) is 8.94. The normalized spacial score (nSPS) is 27.2. The molecule has 236 valence electrons. The maximum atomic E-state index is 16.6. The molecular formula is C28H30F4N6O6. The fraction of sp³-hybridized carbons (Fsp3) is 0.571. The Kier molecular flexibility index (Phi) is 7.14. The Hall–Kier alpha value is -4.35. The monoisotopic (exact) mass is 622 g/mol. The van der Waals surface area contributed by atoms with E-state index in [1.807, 2.05) is 19.9 Å². The van der Waals surface area contributed by atoms with Crippen molar-refractivity contribution in [2.75, 3.05) is 11.9 Å². The molecule has 1 saturated carbocycles. The number of fused-ring (bicyclic) bond motifs is 3. The third-order valence-corrected chi connectivity index (χ3v) is 8.94. The van der Waals surface area contributed by atoms with Crippen LogP contribution in [0.1, 0.15) is 46.6 Å². The lowest BCUT2D eigenvalue weighted by Crippen LogP contribution is -2.61. The molecule has 1 aromatic carbocycles. The molecule has 1 saturated heterocycles. The lowest BCUT2D eigenvalue weighted by atomic mass is 9.85. The van der Waals surface area contributed by atoms with E-state index in [0.29, 0.717) is 0 Å². The number of amides is 3. The number of nitrogens with one attached hydrogen (secondary N) is 4. The van der Waals surface area contributed by atoms with Gasteiger partial charge >= 0.3 is 12.1 Å². The molecule has 16 heteroatoms. The number of nitrogens with zero attached hydrogens (tertiary/aromatic N) is 2. The van der Waals surface area contributed by atoms with Gasteiger partial charge in [-0.25, -0.2) is 9.18 Å². The van der Waals surface area contributed by atoms with Gasteiger partial charge in [0.1, 0.15) is 29.8 Å². The van der Waals surface area contributed by atoms with Crippen LogP contribution in [0.25, 0.3) is 0 Å². The van der Waals surface area contributed by atoms with Crippen LogP contribution in [0.4, 0.5) is 23.2 Å². The van der Waals surface area contributed by atoms with Crippen molar-refractivity contribution < 1.29 is 46.4 Å². The average Bonchev–Trinajstić information content (AvgIpc) is 3.39. The molecule has 1 aromatic rings. The van der Waals surface area contributed by atoms with Crippen molar-refractivity contribution in [3.8, 4) is 17.6 Å². The molecule has 0 spiro atoms. The number of carbonyl (C=O) groups is 3. The second-order valence-electron chi connectivity index (χ2n) is 13.1. The molecule has 3 aliphatic heterocycles. The summed E-state index contributed by atoms with van der Waals surface area (Å²) in [5, 5.41) is 16.8. The van der Waals surface area contributed by atoms with Crippen LogP contribution in [0, 0.1) is 34.0 Å². The third kappa shape index (κ3) is 4.99. The van der Waals surface area contributed by atoms with Crippen molar-refractivity contribution >= 4 is 29.4 Å². The fourth-order valence-electron chi connectivity index (χ4n) is 6.46. The number of likely N-dealkylation sites (tertiary alicyclic amines) is 1. The predicted molar refractivity (Wildman–Crippen MR) is 142 cm³/mol. The lowest BCUT2D eigenvalue weighted by Gasteiger charge is -2.38. The van der Waals surface area contributed by atoms with Crippen molar-refractivity contribution in [2.45, 2.75) is 71.0 Å². The largest absolute Gasteiger partial charge is 0.471 e. The Morgan fingerprint density at radius 1 is 1.16 bits per heavy atom. The quantitative estimate of drug-likeness (QED) is 0.275. The molecule has 2 fully saturated rings. The molecule has 44 heavy (non-hydrogen) atoms. The Bertz CT molecular complexity index is 1530. The standard InChI is InChI=1S/C28H30F4N6O6/c1-25(2,3)21(36-24(42)28(30,31)32)23(41)38-10-14-19(26(14,4)5)20(38)22(40)34-12(9-33)8-27(29)13-6-16-17(44-37-43-16)7-15(13)35-18(27)11-39/h6-7,12,14,19-21,35,37H,8,10H2,1-5H3,(H,34,40)(H,36,42)/t12-,14-,19-,20-,21+,27?/m0/s1. The molecule has 1 aliphatic carbocycles. The van der Waals surface area contributed by atoms with Crippen molar-refractivity contribution in [1.82, 2.24) is 21.2 Å². The zero-order valence-electron chi connectivity index (χ0n) is 24.3. The van der Waals surface area contributed by atoms with Crippen LogP contribution in [0.3, 0.4) is 0 Å². The van der Waals surface area contributed by atoms with Gasteiger partial charge in [0.05, 0.1) is 6.07 Å². The average molecular weight is 623 g/mol. The smallest absolute Gasteiger partial charge is 0.370 e. The van der Waals surface area contributed by atoms with Gasteiger partial charge in [0.2, 0.25) is 11.8 Å². The summed E-state index contributed by atoms with van der Waals surface area (Å²) >= 11 is 0. The summed E-state index contributed by atoms with van der Waals surface area (Å²) in [5.74, 6) is -2.76. The van der Waals surface area contributed by atoms with Crippen molar-refractivity contribution in [2.24, 2.45) is 22.7 Å². The van der Waals surface area contributed by atoms with Gasteiger partial charge in [0.25, 0.3) is 0 Å². The SMILES string of the molecule is CC(C)(C)[C@H](NC(=O)C(F)(F)F)C(=O)N1C[C@H]2[C@@H]([C@H]1C(=O)N[C@H](C#N)CC1(F)C(=C=O)Nc3cc4c(cc31)ONO4)C2(C)C. The number of hydrogen-bond donors (Lipinski definition) is 4. The highest BCUT2D eigenvalue weighted by molar-refractivity contribution is 5.95. The number of piperidine rings is 1. The zero-order valence-corrected chi connectivity index (χ0v) is 24.3. The van der Waals surface area contributed by atoms with Crippen LogP contribution in [-0.4, -0.2) is 59.4 Å². The van der Waals surface area contributed by atoms with Crippen LogP contribution in [0.15, 0.2) is 17.8 Å². The minimum Gasteiger partial charge on any atom is -0.370 e. The summed E-state index contributed by atoms with van der Waals surface area (Å²) in [6, 6.07) is 0.115. The lowest BCUT2D eigenvalue weighted by molar-refractivity contribution is -0.176. The van der Waals surface area contributed by atoms with Gasteiger partial charge in [0, 0.05) is 35.9 Å². The zero-order chi connectivity index (χ0) is 32.6. The van der Waals surface area contributed by atoms with Crippen LogP contribution in [-0.2, 0) is 24.8 Å². The second kappa shape index (κ2) is 10.1. The van der Waals surface area contributed by atoms with E-state index >= 15 is 4.39 Å². The number of alkyl halides is 4. The number of halogens is 4. The fourth-order valence-corrected chi connectivity index (χ4v) is 6.46. The van der Waals surface area contributed by atoms with E-state index in [9.17, 15) is 37.6 Å². The number of nitriles is 1. The minimum atomic E-state index is -5.24. The molecule has 12 nitrogen and oxygen atoms in total. The summed E-state index contributed by atoms with van der Waals surface area (Å²) in [5.41, 5.74) is -2.46. The molecule has 0 bridgehead atoms. The second-order valence-corrected chi connectivity index (χ2v) is 13.1. The predicted octanol–water partition coefficient (Wildman–Crippen LogP) is 2.16. The van der Waals surface area contributed by atoms with Gasteiger partial charge in [-0.2, -0.15) is 18.4 Å². The van der Waals surface area contributed by atoms with Crippen LogP contribution >= 0.6 is 0 Å². The van der Waals surface area contributed by atoms with E-state index in [0.717, 1.165) is 4.90 Å². The van der Waals surface area contributed by atoms with E-state index in [-0.39, 0.29) is 35.2 Å². The minimum absolute atomic E-state index is 0.0316. The topological polar surface area (TPSA) is 162 Å². The first-order valence-electron chi connectivity index (χ1n) is 13.7. The first-order chi connectivity index (χ1) is 20.3. The summed E-state index contributed by atoms with van der Waals surface area (Å²) in [4.78, 5) is 62.2. The summed E-state index contributed by atoms with van der Waals surface area (Å²) in [6.07, 6.45) is -5.96. The van der Waals surface area contributed by atoms with Crippen molar-refractivity contribution in [3.63, 3.8) is 0 Å². The van der Waals surface area contributed by atoms with Crippen LogP contribution in [0.2, 0.25) is 0 Å². The van der Waals surface area contributed by atoms with E-state index in [1.165, 1.54) is 38.8 Å². The maximum absolute atomic E-state index is 16.6. The molecule has 3 heterocycles. The number of benzene rings is 1. The highest BCUT2D eigenvalue weighted by Crippen LogP contribution is 2.65. The molecule has 3 amide bonds.